The Bertz CT molecular complexity index is 501. The maximum Gasteiger partial charge on any atom is 0.226 e. The molecular formula is C16H23ClN2O2. The zero-order valence-electron chi connectivity index (χ0n) is 12.6. The van der Waals surface area contributed by atoms with Crippen LogP contribution in [0.5, 0.6) is 0 Å². The number of amides is 2. The number of carbonyl (C=O) groups is 2. The Morgan fingerprint density at radius 2 is 1.95 bits per heavy atom. The van der Waals surface area contributed by atoms with E-state index < -0.39 is 0 Å². The minimum absolute atomic E-state index is 0.0458. The topological polar surface area (TPSA) is 72.2 Å². The second-order valence-corrected chi connectivity index (χ2v) is 5.83. The van der Waals surface area contributed by atoms with Gasteiger partial charge in [-0.15, -0.1) is 0 Å². The van der Waals surface area contributed by atoms with Crippen molar-refractivity contribution in [2.45, 2.75) is 46.0 Å². The number of hydrogen-bond donors (Lipinski definition) is 2. The van der Waals surface area contributed by atoms with Gasteiger partial charge >= 0.3 is 0 Å². The molecule has 0 aliphatic heterocycles. The number of nitrogens with two attached hydrogens (primary N) is 1. The molecule has 0 heterocycles. The van der Waals surface area contributed by atoms with Crippen molar-refractivity contribution in [1.29, 1.82) is 0 Å². The second kappa shape index (κ2) is 8.67. The van der Waals surface area contributed by atoms with E-state index in [1.54, 1.807) is 6.07 Å². The van der Waals surface area contributed by atoms with Gasteiger partial charge in [0.2, 0.25) is 11.8 Å². The number of unbranched alkanes of at least 4 members (excludes halogenated alkanes) is 2. The molecule has 0 aliphatic carbocycles. The van der Waals surface area contributed by atoms with Gasteiger partial charge in [-0.05, 0) is 30.9 Å². The van der Waals surface area contributed by atoms with Crippen LogP contribution >= 0.6 is 11.6 Å². The molecule has 1 rings (SSSR count). The lowest BCUT2D eigenvalue weighted by Crippen LogP contribution is -2.18. The van der Waals surface area contributed by atoms with Gasteiger partial charge in [-0.3, -0.25) is 9.59 Å². The van der Waals surface area contributed by atoms with E-state index in [2.05, 4.69) is 5.32 Å². The Hall–Kier alpha value is -1.55. The van der Waals surface area contributed by atoms with Crippen LogP contribution in [-0.4, -0.2) is 11.8 Å². The van der Waals surface area contributed by atoms with E-state index in [4.69, 9.17) is 17.3 Å². The van der Waals surface area contributed by atoms with E-state index >= 15 is 0 Å². The molecule has 0 radical (unpaired) electrons. The average Bonchev–Trinajstić information content (AvgIpc) is 2.41. The maximum atomic E-state index is 11.7. The van der Waals surface area contributed by atoms with Crippen molar-refractivity contribution in [2.24, 2.45) is 11.7 Å². The van der Waals surface area contributed by atoms with E-state index in [0.717, 1.165) is 31.2 Å². The summed E-state index contributed by atoms with van der Waals surface area (Å²) in [5.74, 6) is -0.388. The van der Waals surface area contributed by atoms with E-state index in [1.807, 2.05) is 26.0 Å². The van der Waals surface area contributed by atoms with Crippen molar-refractivity contribution in [3.05, 3.63) is 28.8 Å². The highest BCUT2D eigenvalue weighted by Gasteiger charge is 2.11. The summed E-state index contributed by atoms with van der Waals surface area (Å²) >= 11 is 6.33. The van der Waals surface area contributed by atoms with Gasteiger partial charge in [-0.1, -0.05) is 44.0 Å². The number of primary amides is 1. The molecule has 0 saturated heterocycles. The SMILES string of the molecule is CC(C)C(=O)Nc1cccc(CCCCCC(N)=O)c1Cl. The van der Waals surface area contributed by atoms with Crippen LogP contribution in [0.1, 0.15) is 45.1 Å². The third-order valence-corrected chi connectivity index (χ3v) is 3.68. The summed E-state index contributed by atoms with van der Waals surface area (Å²) < 4.78 is 0. The van der Waals surface area contributed by atoms with Crippen LogP contribution in [0.2, 0.25) is 5.02 Å². The van der Waals surface area contributed by atoms with Crippen LogP contribution in [0, 0.1) is 5.92 Å². The van der Waals surface area contributed by atoms with E-state index in [1.165, 1.54) is 0 Å². The van der Waals surface area contributed by atoms with Gasteiger partial charge in [0.15, 0.2) is 0 Å². The van der Waals surface area contributed by atoms with Crippen LogP contribution in [-0.2, 0) is 16.0 Å². The number of rotatable bonds is 8. The Morgan fingerprint density at radius 3 is 2.57 bits per heavy atom. The van der Waals surface area contributed by atoms with Crippen molar-refractivity contribution in [1.82, 2.24) is 0 Å². The van der Waals surface area contributed by atoms with Gasteiger partial charge in [0.25, 0.3) is 0 Å². The predicted octanol–water partition coefficient (Wildman–Crippen LogP) is 3.52. The highest BCUT2D eigenvalue weighted by atomic mass is 35.5. The number of anilines is 1. The zero-order chi connectivity index (χ0) is 15.8. The smallest absolute Gasteiger partial charge is 0.226 e. The molecule has 21 heavy (non-hydrogen) atoms. The summed E-state index contributed by atoms with van der Waals surface area (Å²) in [5, 5.41) is 3.43. The number of halogens is 1. The normalized spacial score (nSPS) is 10.7. The quantitative estimate of drug-likeness (QED) is 0.721. The van der Waals surface area contributed by atoms with Gasteiger partial charge in [-0.25, -0.2) is 0 Å². The molecule has 1 aromatic carbocycles. The first-order chi connectivity index (χ1) is 9.91. The summed E-state index contributed by atoms with van der Waals surface area (Å²) in [6, 6.07) is 5.65. The fourth-order valence-corrected chi connectivity index (χ4v) is 2.21. The molecule has 0 unspecified atom stereocenters. The standard InChI is InChI=1S/C16H23ClN2O2/c1-11(2)16(21)19-13-9-6-8-12(15(13)17)7-4-3-5-10-14(18)20/h6,8-9,11H,3-5,7,10H2,1-2H3,(H2,18,20)(H,19,21). The van der Waals surface area contributed by atoms with Gasteiger partial charge in [0, 0.05) is 12.3 Å². The molecular weight excluding hydrogens is 288 g/mol. The second-order valence-electron chi connectivity index (χ2n) is 5.45. The summed E-state index contributed by atoms with van der Waals surface area (Å²) in [7, 11) is 0. The molecule has 2 amide bonds. The third kappa shape index (κ3) is 6.17. The molecule has 0 saturated carbocycles. The lowest BCUT2D eigenvalue weighted by atomic mass is 10.0. The molecule has 0 fully saturated rings. The number of nitrogens with one attached hydrogen (secondary N) is 1. The molecule has 3 N–H and O–H groups in total. The van der Waals surface area contributed by atoms with Crippen molar-refractivity contribution in [3.8, 4) is 0 Å². The highest BCUT2D eigenvalue weighted by molar-refractivity contribution is 6.34. The van der Waals surface area contributed by atoms with Crippen molar-refractivity contribution < 1.29 is 9.59 Å². The molecule has 0 spiro atoms. The number of aryl methyl sites for hydroxylation is 1. The minimum atomic E-state index is -0.258. The zero-order valence-corrected chi connectivity index (χ0v) is 13.4. The predicted molar refractivity (Wildman–Crippen MR) is 86.3 cm³/mol. The highest BCUT2D eigenvalue weighted by Crippen LogP contribution is 2.27. The fourth-order valence-electron chi connectivity index (χ4n) is 1.94. The lowest BCUT2D eigenvalue weighted by Gasteiger charge is -2.12. The maximum absolute atomic E-state index is 11.7. The third-order valence-electron chi connectivity index (χ3n) is 3.23. The van der Waals surface area contributed by atoms with Crippen molar-refractivity contribution in [2.75, 3.05) is 5.32 Å². The summed E-state index contributed by atoms with van der Waals surface area (Å²) in [4.78, 5) is 22.4. The van der Waals surface area contributed by atoms with Crippen LogP contribution in [0.3, 0.4) is 0 Å². The lowest BCUT2D eigenvalue weighted by molar-refractivity contribution is -0.119. The Morgan fingerprint density at radius 1 is 1.24 bits per heavy atom. The van der Waals surface area contributed by atoms with E-state index in [0.29, 0.717) is 17.1 Å². The van der Waals surface area contributed by atoms with Crippen molar-refractivity contribution in [3.63, 3.8) is 0 Å². The number of benzene rings is 1. The Labute approximate surface area is 131 Å². The molecule has 4 nitrogen and oxygen atoms in total. The largest absolute Gasteiger partial charge is 0.370 e. The molecule has 116 valence electrons. The fraction of sp³-hybridized carbons (Fsp3) is 0.500. The average molecular weight is 311 g/mol. The van der Waals surface area contributed by atoms with E-state index in [-0.39, 0.29) is 17.7 Å². The number of hydrogen-bond acceptors (Lipinski definition) is 2. The van der Waals surface area contributed by atoms with Gasteiger partial charge in [0.1, 0.15) is 0 Å². The first kappa shape index (κ1) is 17.5. The number of carbonyl (C=O) groups excluding carboxylic acids is 2. The monoisotopic (exact) mass is 310 g/mol. The molecule has 5 heteroatoms. The summed E-state index contributed by atoms with van der Waals surface area (Å²) in [5.41, 5.74) is 6.77. The van der Waals surface area contributed by atoms with Gasteiger partial charge in [0.05, 0.1) is 10.7 Å². The van der Waals surface area contributed by atoms with Crippen molar-refractivity contribution >= 4 is 29.1 Å². The first-order valence-electron chi connectivity index (χ1n) is 7.28. The van der Waals surface area contributed by atoms with Crippen LogP contribution in [0.25, 0.3) is 0 Å². The van der Waals surface area contributed by atoms with Crippen LogP contribution < -0.4 is 11.1 Å². The molecule has 0 aromatic heterocycles. The van der Waals surface area contributed by atoms with Crippen LogP contribution in [0.15, 0.2) is 18.2 Å². The molecule has 1 aromatic rings. The molecule has 0 aliphatic rings. The Balaban J connectivity index is 2.55. The van der Waals surface area contributed by atoms with Gasteiger partial charge in [-0.2, -0.15) is 0 Å². The van der Waals surface area contributed by atoms with Crippen LogP contribution in [0.4, 0.5) is 5.69 Å². The van der Waals surface area contributed by atoms with E-state index in [9.17, 15) is 9.59 Å². The molecule has 0 bridgehead atoms. The molecule has 0 atom stereocenters. The first-order valence-corrected chi connectivity index (χ1v) is 7.66. The van der Waals surface area contributed by atoms with Gasteiger partial charge < -0.3 is 11.1 Å². The Kier molecular flexibility index (Phi) is 7.23. The summed E-state index contributed by atoms with van der Waals surface area (Å²) in [6.45, 7) is 3.68. The minimum Gasteiger partial charge on any atom is -0.370 e. The summed E-state index contributed by atoms with van der Waals surface area (Å²) in [6.07, 6.45) is 3.92.